The predicted molar refractivity (Wildman–Crippen MR) is 72.0 cm³/mol. The minimum absolute atomic E-state index is 0. The Labute approximate surface area is 115 Å². The number of phenolic OH excluding ortho intramolecular Hbond substituents is 1. The summed E-state index contributed by atoms with van der Waals surface area (Å²) < 4.78 is 0.775. The quantitative estimate of drug-likeness (QED) is 0.899. The fourth-order valence-corrected chi connectivity index (χ4v) is 2.47. The van der Waals surface area contributed by atoms with Gasteiger partial charge in [0, 0.05) is 16.1 Å². The number of nitriles is 1. The third-order valence-electron chi connectivity index (χ3n) is 2.94. The highest BCUT2D eigenvalue weighted by molar-refractivity contribution is 9.10. The van der Waals surface area contributed by atoms with Crippen molar-refractivity contribution in [3.05, 3.63) is 27.7 Å². The Bertz CT molecular complexity index is 455. The summed E-state index contributed by atoms with van der Waals surface area (Å²) in [6.45, 7) is 0. The average Bonchev–Trinajstić information content (AvgIpc) is 3.02. The summed E-state index contributed by atoms with van der Waals surface area (Å²) in [5.41, 5.74) is 7.00. The van der Waals surface area contributed by atoms with Gasteiger partial charge in [0.1, 0.15) is 11.8 Å². The lowest BCUT2D eigenvalue weighted by molar-refractivity contribution is 0.453. The van der Waals surface area contributed by atoms with Crippen molar-refractivity contribution in [3.8, 4) is 11.8 Å². The normalized spacial score (nSPS) is 15.8. The van der Waals surface area contributed by atoms with E-state index >= 15 is 0 Å². The number of hydrogen-bond donors (Lipinski definition) is 2. The Hall–Kier alpha value is -0.760. The van der Waals surface area contributed by atoms with Gasteiger partial charge in [0.2, 0.25) is 0 Å². The molecule has 0 aliphatic heterocycles. The summed E-state index contributed by atoms with van der Waals surface area (Å²) in [6.07, 6.45) is 3.33. The second-order valence-corrected chi connectivity index (χ2v) is 5.11. The van der Waals surface area contributed by atoms with E-state index in [1.165, 1.54) is 12.8 Å². The van der Waals surface area contributed by atoms with Crippen LogP contribution in [0.15, 0.2) is 16.6 Å². The Morgan fingerprint density at radius 1 is 1.53 bits per heavy atom. The van der Waals surface area contributed by atoms with E-state index in [2.05, 4.69) is 15.9 Å². The van der Waals surface area contributed by atoms with E-state index in [9.17, 15) is 5.11 Å². The van der Waals surface area contributed by atoms with E-state index < -0.39 is 0 Å². The van der Waals surface area contributed by atoms with Crippen LogP contribution in [0.2, 0.25) is 0 Å². The molecule has 17 heavy (non-hydrogen) atoms. The van der Waals surface area contributed by atoms with E-state index in [1.807, 2.05) is 6.07 Å². The number of benzene rings is 1. The van der Waals surface area contributed by atoms with Crippen LogP contribution >= 0.6 is 28.3 Å². The van der Waals surface area contributed by atoms with Crippen molar-refractivity contribution in [2.45, 2.75) is 25.3 Å². The zero-order chi connectivity index (χ0) is 11.7. The summed E-state index contributed by atoms with van der Waals surface area (Å²) in [5, 5.41) is 18.8. The lowest BCUT2D eigenvalue weighted by Gasteiger charge is -2.15. The lowest BCUT2D eigenvalue weighted by Crippen LogP contribution is -2.12. The Kier molecular flexibility index (Phi) is 4.81. The molecule has 1 aromatic rings. The summed E-state index contributed by atoms with van der Waals surface area (Å²) in [7, 11) is 0. The number of phenols is 1. The van der Waals surface area contributed by atoms with E-state index in [0.29, 0.717) is 11.5 Å². The molecule has 0 amide bonds. The molecule has 0 heterocycles. The van der Waals surface area contributed by atoms with Crippen LogP contribution in [0.4, 0.5) is 0 Å². The molecule has 3 N–H and O–H groups in total. The van der Waals surface area contributed by atoms with Gasteiger partial charge in [-0.25, -0.2) is 0 Å². The van der Waals surface area contributed by atoms with Crippen LogP contribution in [0, 0.1) is 17.2 Å². The smallest absolute Gasteiger partial charge is 0.139 e. The Morgan fingerprint density at radius 2 is 2.18 bits per heavy atom. The molecule has 1 aliphatic rings. The summed E-state index contributed by atoms with van der Waals surface area (Å²) >= 11 is 3.37. The highest BCUT2D eigenvalue weighted by Crippen LogP contribution is 2.41. The van der Waals surface area contributed by atoms with Gasteiger partial charge in [-0.2, -0.15) is 5.26 Å². The number of nitrogens with zero attached hydrogens (tertiary/aromatic N) is 1. The molecule has 3 nitrogen and oxygen atoms in total. The third-order valence-corrected chi connectivity index (χ3v) is 3.63. The maximum absolute atomic E-state index is 9.94. The van der Waals surface area contributed by atoms with Crippen molar-refractivity contribution in [2.24, 2.45) is 11.7 Å². The minimum atomic E-state index is -0.199. The number of halogens is 2. The van der Waals surface area contributed by atoms with Crippen molar-refractivity contribution < 1.29 is 5.11 Å². The second kappa shape index (κ2) is 5.72. The van der Waals surface area contributed by atoms with Gasteiger partial charge >= 0.3 is 0 Å². The second-order valence-electron chi connectivity index (χ2n) is 4.25. The lowest BCUT2D eigenvalue weighted by atomic mass is 9.99. The van der Waals surface area contributed by atoms with Gasteiger partial charge in [-0.3, -0.25) is 0 Å². The molecular weight excluding hydrogens is 304 g/mol. The number of aromatic hydroxyl groups is 1. The largest absolute Gasteiger partial charge is 0.506 e. The molecule has 1 saturated carbocycles. The first kappa shape index (κ1) is 14.3. The monoisotopic (exact) mass is 316 g/mol. The van der Waals surface area contributed by atoms with E-state index in [4.69, 9.17) is 11.0 Å². The summed E-state index contributed by atoms with van der Waals surface area (Å²) in [5.74, 6) is 0.706. The first-order valence-electron chi connectivity index (χ1n) is 5.30. The van der Waals surface area contributed by atoms with Crippen LogP contribution in [0.25, 0.3) is 0 Å². The zero-order valence-corrected chi connectivity index (χ0v) is 11.6. The van der Waals surface area contributed by atoms with Crippen LogP contribution in [0.5, 0.6) is 5.75 Å². The summed E-state index contributed by atoms with van der Waals surface area (Å²) in [4.78, 5) is 0. The van der Waals surface area contributed by atoms with Crippen LogP contribution < -0.4 is 5.73 Å². The molecule has 0 unspecified atom stereocenters. The van der Waals surface area contributed by atoms with Gasteiger partial charge in [-0.1, -0.05) is 28.8 Å². The average molecular weight is 318 g/mol. The van der Waals surface area contributed by atoms with Crippen LogP contribution in [0.1, 0.15) is 36.4 Å². The molecule has 0 radical (unpaired) electrons. The molecule has 5 heteroatoms. The van der Waals surface area contributed by atoms with Gasteiger partial charge < -0.3 is 10.8 Å². The fraction of sp³-hybridized carbons (Fsp3) is 0.417. The number of nitrogens with two attached hydrogens (primary N) is 1. The molecule has 2 rings (SSSR count). The number of hydrogen-bond acceptors (Lipinski definition) is 3. The molecule has 0 aromatic heterocycles. The molecule has 1 fully saturated rings. The predicted octanol–water partition coefficient (Wildman–Crippen LogP) is 3.25. The Morgan fingerprint density at radius 3 is 2.71 bits per heavy atom. The van der Waals surface area contributed by atoms with Gasteiger partial charge in [0.05, 0.1) is 5.56 Å². The van der Waals surface area contributed by atoms with Crippen molar-refractivity contribution >= 4 is 28.3 Å². The highest BCUT2D eigenvalue weighted by atomic mass is 79.9. The van der Waals surface area contributed by atoms with Gasteiger partial charge in [-0.15, -0.1) is 12.4 Å². The van der Waals surface area contributed by atoms with E-state index in [1.54, 1.807) is 12.1 Å². The van der Waals surface area contributed by atoms with Crippen molar-refractivity contribution in [1.29, 1.82) is 5.26 Å². The van der Waals surface area contributed by atoms with Crippen LogP contribution in [0.3, 0.4) is 0 Å². The maximum atomic E-state index is 9.94. The molecule has 1 atom stereocenters. The van der Waals surface area contributed by atoms with E-state index in [0.717, 1.165) is 10.9 Å². The molecule has 0 saturated heterocycles. The fourth-order valence-electron chi connectivity index (χ4n) is 1.86. The topological polar surface area (TPSA) is 70.0 Å². The summed E-state index contributed by atoms with van der Waals surface area (Å²) in [6, 6.07) is 5.12. The first-order chi connectivity index (χ1) is 7.63. The molecule has 92 valence electrons. The first-order valence-corrected chi connectivity index (χ1v) is 6.09. The van der Waals surface area contributed by atoms with Crippen LogP contribution in [-0.2, 0) is 0 Å². The molecular formula is C12H14BrClN2O. The maximum Gasteiger partial charge on any atom is 0.139 e. The number of rotatable bonds is 3. The van der Waals surface area contributed by atoms with Gasteiger partial charge in [-0.05, 0) is 24.5 Å². The molecule has 0 bridgehead atoms. The van der Waals surface area contributed by atoms with Crippen LogP contribution in [-0.4, -0.2) is 5.11 Å². The van der Waals surface area contributed by atoms with Gasteiger partial charge in [0.25, 0.3) is 0 Å². The van der Waals surface area contributed by atoms with Gasteiger partial charge in [0.15, 0.2) is 0 Å². The molecule has 0 spiro atoms. The van der Waals surface area contributed by atoms with Crippen molar-refractivity contribution in [3.63, 3.8) is 0 Å². The zero-order valence-electron chi connectivity index (χ0n) is 9.19. The molecule has 1 aliphatic carbocycles. The van der Waals surface area contributed by atoms with Crippen molar-refractivity contribution in [1.82, 2.24) is 0 Å². The highest BCUT2D eigenvalue weighted by Gasteiger charge is 2.27. The minimum Gasteiger partial charge on any atom is -0.506 e. The SMILES string of the molecule is Cl.N#Cc1ccc(Br)c([C@H](N)CC2CC2)c1O. The molecule has 1 aromatic carbocycles. The van der Waals surface area contributed by atoms with E-state index in [-0.39, 0.29) is 29.8 Å². The van der Waals surface area contributed by atoms with Crippen molar-refractivity contribution in [2.75, 3.05) is 0 Å². The standard InChI is InChI=1S/C12H13BrN2O.ClH/c13-9-4-3-8(6-14)12(16)11(9)10(15)5-7-1-2-7;/h3-4,7,10,16H,1-2,5,15H2;1H/t10-;/m1./s1. The third kappa shape index (κ3) is 3.12. The Balaban J connectivity index is 0.00000144.